The second kappa shape index (κ2) is 1.96. The third-order valence-corrected chi connectivity index (χ3v) is 2.53. The monoisotopic (exact) mass is 127 g/mol. The van der Waals surface area contributed by atoms with E-state index in [2.05, 4.69) is 4.90 Å². The number of fused-ring (bicyclic) bond motifs is 2. The smallest absolute Gasteiger partial charge is 0.0707 e. The van der Waals surface area contributed by atoms with Gasteiger partial charge in [-0.1, -0.05) is 0 Å². The average Bonchev–Trinajstić information content (AvgIpc) is 2.09. The number of hydrogen-bond donors (Lipinski definition) is 1. The lowest BCUT2D eigenvalue weighted by atomic mass is 9.99. The quantitative estimate of drug-likeness (QED) is 0.498. The highest BCUT2D eigenvalue weighted by molar-refractivity contribution is 4.87. The lowest BCUT2D eigenvalue weighted by Gasteiger charge is -2.20. The fraction of sp³-hybridized carbons (Fsp3) is 1.00. The maximum Gasteiger partial charge on any atom is 0.0707 e. The van der Waals surface area contributed by atoms with E-state index in [0.717, 1.165) is 13.1 Å². The van der Waals surface area contributed by atoms with Crippen molar-refractivity contribution in [2.45, 2.75) is 18.9 Å². The highest BCUT2D eigenvalue weighted by Crippen LogP contribution is 2.26. The van der Waals surface area contributed by atoms with Crippen LogP contribution in [0.25, 0.3) is 0 Å². The van der Waals surface area contributed by atoms with Crippen molar-refractivity contribution in [2.75, 3.05) is 19.6 Å². The molecule has 0 aromatic rings. The van der Waals surface area contributed by atoms with Gasteiger partial charge in [-0.25, -0.2) is 0 Å². The molecule has 3 atom stereocenters. The largest absolute Gasteiger partial charge is 0.391 e. The van der Waals surface area contributed by atoms with E-state index in [1.165, 1.54) is 19.4 Å². The average molecular weight is 127 g/mol. The van der Waals surface area contributed by atoms with E-state index in [1.807, 2.05) is 0 Å². The summed E-state index contributed by atoms with van der Waals surface area (Å²) >= 11 is 0. The van der Waals surface area contributed by atoms with Crippen molar-refractivity contribution in [3.05, 3.63) is 0 Å². The Morgan fingerprint density at radius 2 is 2.22 bits per heavy atom. The highest BCUT2D eigenvalue weighted by atomic mass is 16.3. The summed E-state index contributed by atoms with van der Waals surface area (Å²) in [6.45, 7) is 3.30. The predicted octanol–water partition coefficient (Wildman–Crippen LogP) is 0.0729. The molecule has 2 aliphatic heterocycles. The minimum Gasteiger partial charge on any atom is -0.391 e. The molecule has 2 bridgehead atoms. The third kappa shape index (κ3) is 0.864. The van der Waals surface area contributed by atoms with Gasteiger partial charge in [0.15, 0.2) is 0 Å². The van der Waals surface area contributed by atoms with Crippen LogP contribution < -0.4 is 0 Å². The fourth-order valence-corrected chi connectivity index (χ4v) is 1.98. The minimum atomic E-state index is -0.00694. The number of aliphatic hydroxyl groups is 1. The maximum atomic E-state index is 9.36. The molecule has 0 amide bonds. The minimum absolute atomic E-state index is 0.00694. The molecule has 2 heterocycles. The highest BCUT2D eigenvalue weighted by Gasteiger charge is 2.33. The zero-order chi connectivity index (χ0) is 6.27. The second-order valence-corrected chi connectivity index (χ2v) is 3.23. The molecule has 2 nitrogen and oxygen atoms in total. The molecule has 52 valence electrons. The van der Waals surface area contributed by atoms with E-state index in [9.17, 15) is 5.11 Å². The van der Waals surface area contributed by atoms with Crippen LogP contribution in [0.15, 0.2) is 0 Å². The van der Waals surface area contributed by atoms with Gasteiger partial charge >= 0.3 is 0 Å². The van der Waals surface area contributed by atoms with Crippen LogP contribution in [0.4, 0.5) is 0 Å². The van der Waals surface area contributed by atoms with Gasteiger partial charge in [-0.2, -0.15) is 0 Å². The van der Waals surface area contributed by atoms with Gasteiger partial charge in [-0.15, -0.1) is 0 Å². The standard InChI is InChI=1S/C7H13NO/c9-7-5-8-3-1-2-6(7)4-8/h6-7,9H,1-5H2/t6-,7+/m0/s1. The summed E-state index contributed by atoms with van der Waals surface area (Å²) in [5.74, 6) is 0.610. The van der Waals surface area contributed by atoms with E-state index < -0.39 is 0 Å². The van der Waals surface area contributed by atoms with Gasteiger partial charge in [-0.05, 0) is 25.3 Å². The van der Waals surface area contributed by atoms with Gasteiger partial charge in [0, 0.05) is 13.1 Å². The molecule has 9 heavy (non-hydrogen) atoms. The van der Waals surface area contributed by atoms with E-state index in [4.69, 9.17) is 0 Å². The van der Waals surface area contributed by atoms with Gasteiger partial charge < -0.3 is 10.0 Å². The topological polar surface area (TPSA) is 23.5 Å². The van der Waals surface area contributed by atoms with Crippen LogP contribution in [0.1, 0.15) is 12.8 Å². The number of rotatable bonds is 0. The van der Waals surface area contributed by atoms with Crippen molar-refractivity contribution >= 4 is 0 Å². The number of aliphatic hydroxyl groups excluding tert-OH is 1. The third-order valence-electron chi connectivity index (χ3n) is 2.53. The first-order chi connectivity index (χ1) is 4.36. The lowest BCUT2D eigenvalue weighted by molar-refractivity contribution is 0.144. The van der Waals surface area contributed by atoms with Crippen LogP contribution >= 0.6 is 0 Å². The van der Waals surface area contributed by atoms with E-state index >= 15 is 0 Å². The molecule has 0 spiro atoms. The molecule has 2 fully saturated rings. The SMILES string of the molecule is O[C@@H]1CN2CCC[C@H]1C2. The molecule has 0 aromatic heterocycles. The van der Waals surface area contributed by atoms with Crippen molar-refractivity contribution in [2.24, 2.45) is 5.92 Å². The van der Waals surface area contributed by atoms with Gasteiger partial charge in [-0.3, -0.25) is 0 Å². The zero-order valence-electron chi connectivity index (χ0n) is 5.58. The maximum absolute atomic E-state index is 9.36. The predicted molar refractivity (Wildman–Crippen MR) is 35.2 cm³/mol. The van der Waals surface area contributed by atoms with Gasteiger partial charge in [0.25, 0.3) is 0 Å². The first-order valence-corrected chi connectivity index (χ1v) is 3.76. The Bertz CT molecular complexity index is 113. The van der Waals surface area contributed by atoms with Crippen molar-refractivity contribution in [3.8, 4) is 0 Å². The summed E-state index contributed by atoms with van der Waals surface area (Å²) in [6, 6.07) is 0. The molecule has 2 saturated heterocycles. The van der Waals surface area contributed by atoms with Crippen LogP contribution in [-0.4, -0.2) is 35.7 Å². The Morgan fingerprint density at radius 3 is 2.89 bits per heavy atom. The Hall–Kier alpha value is -0.0800. The normalized spacial score (nSPS) is 49.7. The second-order valence-electron chi connectivity index (χ2n) is 3.23. The molecule has 1 unspecified atom stereocenters. The number of hydrogen-bond acceptors (Lipinski definition) is 2. The molecule has 2 heteroatoms. The Kier molecular flexibility index (Phi) is 1.24. The summed E-state index contributed by atoms with van der Waals surface area (Å²) in [4.78, 5) is 2.36. The molecule has 2 rings (SSSR count). The summed E-state index contributed by atoms with van der Waals surface area (Å²) < 4.78 is 0. The summed E-state index contributed by atoms with van der Waals surface area (Å²) in [5.41, 5.74) is 0. The summed E-state index contributed by atoms with van der Waals surface area (Å²) in [7, 11) is 0. The summed E-state index contributed by atoms with van der Waals surface area (Å²) in [6.07, 6.45) is 2.53. The van der Waals surface area contributed by atoms with Crippen molar-refractivity contribution in [1.29, 1.82) is 0 Å². The first kappa shape index (κ1) is 5.69. The van der Waals surface area contributed by atoms with Crippen LogP contribution in [0, 0.1) is 5.92 Å². The molecule has 0 aromatic carbocycles. The van der Waals surface area contributed by atoms with E-state index in [-0.39, 0.29) is 6.10 Å². The van der Waals surface area contributed by atoms with Crippen molar-refractivity contribution in [3.63, 3.8) is 0 Å². The van der Waals surface area contributed by atoms with Gasteiger partial charge in [0.1, 0.15) is 0 Å². The molecule has 0 radical (unpaired) electrons. The first-order valence-electron chi connectivity index (χ1n) is 3.76. The lowest BCUT2D eigenvalue weighted by Crippen LogP contribution is -2.25. The van der Waals surface area contributed by atoms with Crippen LogP contribution in [-0.2, 0) is 0 Å². The molecule has 1 N–H and O–H groups in total. The Labute approximate surface area is 55.5 Å². The van der Waals surface area contributed by atoms with Crippen LogP contribution in [0.3, 0.4) is 0 Å². The van der Waals surface area contributed by atoms with Gasteiger partial charge in [0.2, 0.25) is 0 Å². The van der Waals surface area contributed by atoms with Gasteiger partial charge in [0.05, 0.1) is 6.10 Å². The number of piperidine rings is 1. The number of nitrogens with zero attached hydrogens (tertiary/aromatic N) is 1. The zero-order valence-corrected chi connectivity index (χ0v) is 5.58. The van der Waals surface area contributed by atoms with E-state index in [0.29, 0.717) is 5.92 Å². The summed E-state index contributed by atoms with van der Waals surface area (Å²) in [5, 5.41) is 9.36. The molecular formula is C7H13NO. The molecular weight excluding hydrogens is 114 g/mol. The van der Waals surface area contributed by atoms with Crippen molar-refractivity contribution in [1.82, 2.24) is 4.90 Å². The van der Waals surface area contributed by atoms with E-state index in [1.54, 1.807) is 0 Å². The molecule has 0 saturated carbocycles. The van der Waals surface area contributed by atoms with Crippen LogP contribution in [0.5, 0.6) is 0 Å². The Balaban J connectivity index is 2.07. The van der Waals surface area contributed by atoms with Crippen LogP contribution in [0.2, 0.25) is 0 Å². The molecule has 0 aliphatic carbocycles. The fourth-order valence-electron chi connectivity index (χ4n) is 1.98. The molecule has 2 aliphatic rings. The van der Waals surface area contributed by atoms with Crippen molar-refractivity contribution < 1.29 is 5.11 Å². The Morgan fingerprint density at radius 1 is 1.33 bits per heavy atom.